The molecule has 0 aliphatic rings. The summed E-state index contributed by atoms with van der Waals surface area (Å²) in [7, 11) is -1.95. The summed E-state index contributed by atoms with van der Waals surface area (Å²) in [4.78, 5) is 0. The number of hydrogen-bond acceptors (Lipinski definition) is 4. The molecule has 0 aliphatic carbocycles. The summed E-state index contributed by atoms with van der Waals surface area (Å²) < 4.78 is 29.4. The van der Waals surface area contributed by atoms with Crippen LogP contribution in [0.2, 0.25) is 0 Å². The largest absolute Gasteiger partial charge is 0.387 e. The number of methoxy groups -OCH3 is 1. The van der Waals surface area contributed by atoms with Crippen molar-refractivity contribution in [3.8, 4) is 0 Å². The van der Waals surface area contributed by atoms with Crippen LogP contribution in [0.15, 0.2) is 0 Å². The van der Waals surface area contributed by atoms with Crippen molar-refractivity contribution in [2.75, 3.05) is 26.0 Å². The van der Waals surface area contributed by atoms with Crippen LogP contribution < -0.4 is 5.73 Å². The van der Waals surface area contributed by atoms with Crippen molar-refractivity contribution in [2.45, 2.75) is 19.9 Å². The van der Waals surface area contributed by atoms with Crippen LogP contribution in [0.25, 0.3) is 0 Å². The van der Waals surface area contributed by atoms with Gasteiger partial charge in [0.1, 0.15) is 5.84 Å². The molecule has 0 radical (unpaired) electrons. The van der Waals surface area contributed by atoms with E-state index < -0.39 is 10.0 Å². The van der Waals surface area contributed by atoms with E-state index in [0.29, 0.717) is 0 Å². The summed E-state index contributed by atoms with van der Waals surface area (Å²) in [5, 5.41) is 7.12. The van der Waals surface area contributed by atoms with E-state index in [1.165, 1.54) is 11.4 Å². The van der Waals surface area contributed by atoms with E-state index in [9.17, 15) is 8.42 Å². The fraction of sp³-hybridized carbons (Fsp3) is 0.875. The van der Waals surface area contributed by atoms with Gasteiger partial charge in [0.25, 0.3) is 0 Å². The molecule has 6 nitrogen and oxygen atoms in total. The first-order valence-electron chi connectivity index (χ1n) is 4.62. The number of ether oxygens (including phenoxy) is 1. The van der Waals surface area contributed by atoms with Crippen LogP contribution in [0, 0.1) is 5.41 Å². The summed E-state index contributed by atoms with van der Waals surface area (Å²) in [6.45, 7) is 3.56. The van der Waals surface area contributed by atoms with Gasteiger partial charge in [-0.1, -0.05) is 0 Å². The predicted molar refractivity (Wildman–Crippen MR) is 59.4 cm³/mol. The van der Waals surface area contributed by atoms with Gasteiger partial charge in [-0.2, -0.15) is 4.31 Å². The molecule has 0 aliphatic heterocycles. The highest BCUT2D eigenvalue weighted by molar-refractivity contribution is 7.89. The molecule has 0 aromatic rings. The third kappa shape index (κ3) is 5.10. The fourth-order valence-electron chi connectivity index (χ4n) is 1.08. The second-order valence-corrected chi connectivity index (χ2v) is 5.51. The molecule has 0 spiro atoms. The molecule has 0 atom stereocenters. The molecule has 3 N–H and O–H groups in total. The maximum atomic E-state index is 11.8. The van der Waals surface area contributed by atoms with Crippen molar-refractivity contribution in [2.24, 2.45) is 5.73 Å². The lowest BCUT2D eigenvalue weighted by Gasteiger charge is -2.25. The highest BCUT2D eigenvalue weighted by atomic mass is 32.2. The first-order chi connectivity index (χ1) is 6.81. The standard InChI is InChI=1S/C8H19N3O3S/c1-7(2)11(6-8(9)10)15(12,13)5-4-14-3/h7H,4-6H2,1-3H3,(H3,9,10). The van der Waals surface area contributed by atoms with Crippen LogP contribution in [0.5, 0.6) is 0 Å². The topological polar surface area (TPSA) is 96.5 Å². The third-order valence-corrected chi connectivity index (χ3v) is 3.75. The van der Waals surface area contributed by atoms with Crippen molar-refractivity contribution in [3.05, 3.63) is 0 Å². The molecule has 0 aromatic carbocycles. The number of amidine groups is 1. The van der Waals surface area contributed by atoms with Gasteiger partial charge in [-0.3, -0.25) is 5.41 Å². The van der Waals surface area contributed by atoms with Gasteiger partial charge in [0.05, 0.1) is 18.9 Å². The van der Waals surface area contributed by atoms with Gasteiger partial charge in [0.2, 0.25) is 10.0 Å². The minimum Gasteiger partial charge on any atom is -0.387 e. The van der Waals surface area contributed by atoms with Crippen LogP contribution in [0.1, 0.15) is 13.8 Å². The highest BCUT2D eigenvalue weighted by Gasteiger charge is 2.24. The van der Waals surface area contributed by atoms with E-state index in [1.807, 2.05) is 0 Å². The van der Waals surface area contributed by atoms with E-state index in [4.69, 9.17) is 15.9 Å². The Hall–Kier alpha value is -0.660. The predicted octanol–water partition coefficient (Wildman–Crippen LogP) is -0.391. The van der Waals surface area contributed by atoms with Crippen LogP contribution >= 0.6 is 0 Å². The molecule has 0 saturated heterocycles. The molecule has 0 fully saturated rings. The molecule has 0 unspecified atom stereocenters. The first-order valence-corrected chi connectivity index (χ1v) is 6.23. The van der Waals surface area contributed by atoms with Gasteiger partial charge in [-0.15, -0.1) is 0 Å². The lowest BCUT2D eigenvalue weighted by Crippen LogP contribution is -2.44. The Kier molecular flexibility index (Phi) is 5.77. The zero-order valence-electron chi connectivity index (χ0n) is 9.36. The zero-order valence-corrected chi connectivity index (χ0v) is 10.2. The Bertz CT molecular complexity index is 300. The fourth-order valence-corrected chi connectivity index (χ4v) is 2.67. The minimum atomic E-state index is -3.39. The number of rotatable bonds is 7. The Morgan fingerprint density at radius 1 is 1.53 bits per heavy atom. The zero-order chi connectivity index (χ0) is 12.1. The first kappa shape index (κ1) is 14.3. The van der Waals surface area contributed by atoms with E-state index in [2.05, 4.69) is 0 Å². The van der Waals surface area contributed by atoms with Gasteiger partial charge >= 0.3 is 0 Å². The van der Waals surface area contributed by atoms with Crippen LogP contribution in [-0.2, 0) is 14.8 Å². The highest BCUT2D eigenvalue weighted by Crippen LogP contribution is 2.06. The van der Waals surface area contributed by atoms with Crippen molar-refractivity contribution in [1.82, 2.24) is 4.31 Å². The molecular formula is C8H19N3O3S. The Morgan fingerprint density at radius 2 is 2.07 bits per heavy atom. The number of nitrogens with two attached hydrogens (primary N) is 1. The van der Waals surface area contributed by atoms with E-state index in [1.54, 1.807) is 13.8 Å². The summed E-state index contributed by atoms with van der Waals surface area (Å²) in [6, 6.07) is -0.212. The molecule has 0 bridgehead atoms. The maximum absolute atomic E-state index is 11.8. The molecule has 90 valence electrons. The Balaban J connectivity index is 4.67. The summed E-state index contributed by atoms with van der Waals surface area (Å²) >= 11 is 0. The number of hydrogen-bond donors (Lipinski definition) is 2. The van der Waals surface area contributed by atoms with Crippen LogP contribution in [0.3, 0.4) is 0 Å². The van der Waals surface area contributed by atoms with Gasteiger partial charge in [-0.25, -0.2) is 8.42 Å². The molecule has 7 heteroatoms. The van der Waals surface area contributed by atoms with Crippen molar-refractivity contribution < 1.29 is 13.2 Å². The Morgan fingerprint density at radius 3 is 2.40 bits per heavy atom. The molecule has 0 aromatic heterocycles. The second kappa shape index (κ2) is 6.04. The van der Waals surface area contributed by atoms with Crippen molar-refractivity contribution >= 4 is 15.9 Å². The smallest absolute Gasteiger partial charge is 0.217 e. The quantitative estimate of drug-likeness (QED) is 0.465. The monoisotopic (exact) mass is 237 g/mol. The molecule has 0 heterocycles. The molecule has 0 amide bonds. The van der Waals surface area contributed by atoms with Gasteiger partial charge in [0.15, 0.2) is 0 Å². The van der Waals surface area contributed by atoms with Crippen molar-refractivity contribution in [1.29, 1.82) is 5.41 Å². The molecular weight excluding hydrogens is 218 g/mol. The maximum Gasteiger partial charge on any atom is 0.217 e. The lowest BCUT2D eigenvalue weighted by atomic mass is 10.4. The normalized spacial score (nSPS) is 12.3. The molecule has 15 heavy (non-hydrogen) atoms. The number of nitrogens with one attached hydrogen (secondary N) is 1. The van der Waals surface area contributed by atoms with Gasteiger partial charge in [0, 0.05) is 13.2 Å². The molecule has 0 rings (SSSR count). The lowest BCUT2D eigenvalue weighted by molar-refractivity contribution is 0.215. The van der Waals surface area contributed by atoms with Gasteiger partial charge < -0.3 is 10.5 Å². The van der Waals surface area contributed by atoms with Crippen molar-refractivity contribution in [3.63, 3.8) is 0 Å². The molecule has 0 saturated carbocycles. The van der Waals surface area contributed by atoms with Crippen LogP contribution in [-0.4, -0.2) is 50.6 Å². The van der Waals surface area contributed by atoms with Crippen LogP contribution in [0.4, 0.5) is 0 Å². The summed E-state index contributed by atoms with van der Waals surface area (Å²) in [6.07, 6.45) is 0. The minimum absolute atomic E-state index is 0.0658. The SMILES string of the molecule is COCCS(=O)(=O)N(CC(=N)N)C(C)C. The van der Waals surface area contributed by atoms with E-state index in [-0.39, 0.29) is 30.8 Å². The van der Waals surface area contributed by atoms with Gasteiger partial charge in [-0.05, 0) is 13.8 Å². The average molecular weight is 237 g/mol. The van der Waals surface area contributed by atoms with E-state index in [0.717, 1.165) is 0 Å². The third-order valence-electron chi connectivity index (χ3n) is 1.80. The second-order valence-electron chi connectivity index (χ2n) is 3.47. The summed E-state index contributed by atoms with van der Waals surface area (Å²) in [5.74, 6) is -0.251. The number of sulfonamides is 1. The average Bonchev–Trinajstić information content (AvgIpc) is 2.10. The van der Waals surface area contributed by atoms with E-state index >= 15 is 0 Å². The Labute approximate surface area is 91.0 Å². The summed E-state index contributed by atoms with van der Waals surface area (Å²) in [5.41, 5.74) is 5.20. The number of nitrogens with zero attached hydrogens (tertiary/aromatic N) is 1.